The van der Waals surface area contributed by atoms with E-state index in [9.17, 15) is 18.4 Å². The Bertz CT molecular complexity index is 1250. The van der Waals surface area contributed by atoms with E-state index in [2.05, 4.69) is 37.1 Å². The van der Waals surface area contributed by atoms with Crippen molar-refractivity contribution in [2.45, 2.75) is 84.2 Å². The fourth-order valence-corrected chi connectivity index (χ4v) is 6.56. The van der Waals surface area contributed by atoms with Crippen LogP contribution in [0.4, 0.5) is 8.78 Å². The molecule has 2 unspecified atom stereocenters. The smallest absolute Gasteiger partial charge is 0.227 e. The van der Waals surface area contributed by atoms with Gasteiger partial charge >= 0.3 is 0 Å². The number of rotatable bonds is 6. The zero-order valence-corrected chi connectivity index (χ0v) is 25.2. The number of amides is 2. The maximum absolute atomic E-state index is 14.9. The molecule has 0 spiro atoms. The van der Waals surface area contributed by atoms with Crippen molar-refractivity contribution in [1.82, 2.24) is 15.1 Å². The highest BCUT2D eigenvalue weighted by Gasteiger charge is 2.44. The van der Waals surface area contributed by atoms with Gasteiger partial charge in [-0.2, -0.15) is 0 Å². The molecule has 2 amide bonds. The van der Waals surface area contributed by atoms with E-state index >= 15 is 0 Å². The van der Waals surface area contributed by atoms with Crippen LogP contribution in [0.5, 0.6) is 0 Å². The molecule has 0 radical (unpaired) electrons. The molecule has 2 fully saturated rings. The zero-order chi connectivity index (χ0) is 29.4. The normalized spacial score (nSPS) is 21.5. The van der Waals surface area contributed by atoms with Crippen molar-refractivity contribution in [3.8, 4) is 0 Å². The average molecular weight is 574 g/mol. The van der Waals surface area contributed by atoms with Crippen molar-refractivity contribution in [3.63, 3.8) is 0 Å². The van der Waals surface area contributed by atoms with Gasteiger partial charge in [-0.05, 0) is 87.3 Å². The van der Waals surface area contributed by atoms with Crippen LogP contribution in [0.1, 0.15) is 94.0 Å². The Morgan fingerprint density at radius 3 is 2.33 bits per heavy atom. The number of likely N-dealkylation sites (tertiary alicyclic amines) is 2. The zero-order valence-electron chi connectivity index (χ0n) is 24.5. The van der Waals surface area contributed by atoms with Crippen LogP contribution in [0.25, 0.3) is 0 Å². The molecule has 0 saturated carbocycles. The molecule has 0 bridgehead atoms. The lowest BCUT2D eigenvalue weighted by atomic mass is 9.82. The molecule has 2 heterocycles. The van der Waals surface area contributed by atoms with Crippen LogP contribution in [-0.2, 0) is 9.59 Å². The third-order valence-electron chi connectivity index (χ3n) is 8.72. The van der Waals surface area contributed by atoms with Crippen LogP contribution in [-0.4, -0.2) is 53.3 Å². The minimum absolute atomic E-state index is 0.0381. The fraction of sp³-hybridized carbons (Fsp3) is 0.562. The average Bonchev–Trinajstić information content (AvgIpc) is 3.34. The van der Waals surface area contributed by atoms with Crippen molar-refractivity contribution in [3.05, 3.63) is 69.2 Å². The van der Waals surface area contributed by atoms with Crippen LogP contribution < -0.4 is 5.32 Å². The topological polar surface area (TPSA) is 52.7 Å². The van der Waals surface area contributed by atoms with Gasteiger partial charge in [0, 0.05) is 55.6 Å². The second kappa shape index (κ2) is 12.2. The number of carbonyl (C=O) groups is 2. The van der Waals surface area contributed by atoms with Crippen LogP contribution >= 0.6 is 11.6 Å². The highest BCUT2D eigenvalue weighted by Crippen LogP contribution is 2.41. The largest absolute Gasteiger partial charge is 0.350 e. The van der Waals surface area contributed by atoms with Gasteiger partial charge in [0.1, 0.15) is 11.6 Å². The van der Waals surface area contributed by atoms with Gasteiger partial charge in [0.2, 0.25) is 11.8 Å². The molecule has 8 heteroatoms. The van der Waals surface area contributed by atoms with Crippen LogP contribution in [0.15, 0.2) is 30.3 Å². The van der Waals surface area contributed by atoms with E-state index in [0.29, 0.717) is 36.8 Å². The van der Waals surface area contributed by atoms with Gasteiger partial charge in [-0.3, -0.25) is 14.5 Å². The van der Waals surface area contributed by atoms with E-state index in [1.807, 2.05) is 24.8 Å². The predicted octanol–water partition coefficient (Wildman–Crippen LogP) is 6.73. The first-order chi connectivity index (χ1) is 18.8. The number of benzene rings is 2. The number of hydrogen-bond donors (Lipinski definition) is 1. The molecule has 2 aromatic carbocycles. The molecule has 2 aliphatic rings. The first kappa shape index (κ1) is 30.4. The first-order valence-corrected chi connectivity index (χ1v) is 14.7. The van der Waals surface area contributed by atoms with Gasteiger partial charge in [0.05, 0.1) is 12.0 Å². The number of halogens is 3. The second-order valence-electron chi connectivity index (χ2n) is 12.4. The SMILES string of the molecule is CCC(NC(C)=O)c1cc(Cl)c(C)cc1C1CCN(C(=O)[C@@H]2CN(C(C)(C)C)CC2c2ccc(F)cc2F)CC1. The molecule has 2 aromatic rings. The predicted molar refractivity (Wildman–Crippen MR) is 156 cm³/mol. The van der Waals surface area contributed by atoms with E-state index in [1.165, 1.54) is 24.6 Å². The Morgan fingerprint density at radius 1 is 1.07 bits per heavy atom. The summed E-state index contributed by atoms with van der Waals surface area (Å²) in [7, 11) is 0. The summed E-state index contributed by atoms with van der Waals surface area (Å²) in [5, 5.41) is 3.74. The van der Waals surface area contributed by atoms with E-state index in [0.717, 1.165) is 36.5 Å². The Labute approximate surface area is 242 Å². The molecule has 0 aliphatic carbocycles. The standard InChI is InChI=1S/C32H42ClF2N3O2/c1-7-30(36-20(3)39)25-16-28(33)19(2)14-24(25)21-10-12-37(13-11-21)31(40)27-18-38(32(4,5)6)17-26(27)23-9-8-22(34)15-29(23)35/h8-9,14-16,21,26-27,30H,7,10-13,17-18H2,1-6H3,(H,36,39)/t26?,27-,30?/m1/s1. The van der Waals surface area contributed by atoms with E-state index < -0.39 is 17.6 Å². The van der Waals surface area contributed by atoms with Crippen LogP contribution in [0.2, 0.25) is 5.02 Å². The Hall–Kier alpha value is -2.51. The summed E-state index contributed by atoms with van der Waals surface area (Å²) in [5.41, 5.74) is 3.45. The molecule has 0 aromatic heterocycles. The number of nitrogens with zero attached hydrogens (tertiary/aromatic N) is 2. The van der Waals surface area contributed by atoms with Crippen molar-refractivity contribution in [2.24, 2.45) is 5.92 Å². The quantitative estimate of drug-likeness (QED) is 0.417. The van der Waals surface area contributed by atoms with Crippen molar-refractivity contribution in [1.29, 1.82) is 0 Å². The lowest BCUT2D eigenvalue weighted by molar-refractivity contribution is -0.136. The van der Waals surface area contributed by atoms with Gasteiger partial charge in [-0.15, -0.1) is 0 Å². The molecule has 4 rings (SSSR count). The molecule has 1 N–H and O–H groups in total. The van der Waals surface area contributed by atoms with E-state index in [-0.39, 0.29) is 35.2 Å². The summed E-state index contributed by atoms with van der Waals surface area (Å²) in [6.07, 6.45) is 2.33. The molecule has 40 heavy (non-hydrogen) atoms. The Balaban J connectivity index is 1.55. The van der Waals surface area contributed by atoms with E-state index in [1.54, 1.807) is 0 Å². The van der Waals surface area contributed by atoms with Crippen molar-refractivity contribution in [2.75, 3.05) is 26.2 Å². The highest BCUT2D eigenvalue weighted by molar-refractivity contribution is 6.31. The fourth-order valence-electron chi connectivity index (χ4n) is 6.38. The molecular formula is C32H42ClF2N3O2. The Kier molecular flexibility index (Phi) is 9.25. The maximum atomic E-state index is 14.9. The number of carbonyl (C=O) groups excluding carboxylic acids is 2. The third-order valence-corrected chi connectivity index (χ3v) is 9.13. The van der Waals surface area contributed by atoms with Crippen LogP contribution in [0, 0.1) is 24.5 Å². The summed E-state index contributed by atoms with van der Waals surface area (Å²) in [6, 6.07) is 7.68. The minimum atomic E-state index is -0.613. The number of piperidine rings is 1. The number of aryl methyl sites for hydroxylation is 1. The minimum Gasteiger partial charge on any atom is -0.350 e. The molecule has 5 nitrogen and oxygen atoms in total. The van der Waals surface area contributed by atoms with Crippen LogP contribution in [0.3, 0.4) is 0 Å². The van der Waals surface area contributed by atoms with Crippen molar-refractivity contribution < 1.29 is 18.4 Å². The molecule has 2 aliphatic heterocycles. The molecule has 2 saturated heterocycles. The summed E-state index contributed by atoms with van der Waals surface area (Å²) in [4.78, 5) is 30.0. The lowest BCUT2D eigenvalue weighted by Gasteiger charge is -2.36. The van der Waals surface area contributed by atoms with Gasteiger partial charge < -0.3 is 10.2 Å². The monoisotopic (exact) mass is 573 g/mol. The summed E-state index contributed by atoms with van der Waals surface area (Å²) in [6.45, 7) is 14.1. The van der Waals surface area contributed by atoms with Gasteiger partial charge in [0.15, 0.2) is 0 Å². The number of nitrogens with one attached hydrogen (secondary N) is 1. The lowest BCUT2D eigenvalue weighted by Crippen LogP contribution is -2.44. The van der Waals surface area contributed by atoms with Gasteiger partial charge in [0.25, 0.3) is 0 Å². The Morgan fingerprint density at radius 2 is 1.75 bits per heavy atom. The summed E-state index contributed by atoms with van der Waals surface area (Å²) < 4.78 is 28.6. The third kappa shape index (κ3) is 6.52. The summed E-state index contributed by atoms with van der Waals surface area (Å²) in [5.74, 6) is -1.74. The van der Waals surface area contributed by atoms with Gasteiger partial charge in [-0.1, -0.05) is 30.7 Å². The molecular weight excluding hydrogens is 532 g/mol. The maximum Gasteiger partial charge on any atom is 0.227 e. The number of hydrogen-bond acceptors (Lipinski definition) is 3. The molecule has 218 valence electrons. The second-order valence-corrected chi connectivity index (χ2v) is 12.9. The van der Waals surface area contributed by atoms with E-state index in [4.69, 9.17) is 11.6 Å². The highest BCUT2D eigenvalue weighted by atomic mass is 35.5. The van der Waals surface area contributed by atoms with Crippen molar-refractivity contribution >= 4 is 23.4 Å². The summed E-state index contributed by atoms with van der Waals surface area (Å²) >= 11 is 6.51. The molecule has 3 atom stereocenters. The first-order valence-electron chi connectivity index (χ1n) is 14.4. The van der Waals surface area contributed by atoms with Gasteiger partial charge in [-0.25, -0.2) is 8.78 Å².